The highest BCUT2D eigenvalue weighted by Gasteiger charge is 2.31. The van der Waals surface area contributed by atoms with Gasteiger partial charge in [0.15, 0.2) is 0 Å². The topological polar surface area (TPSA) is 32.5 Å². The molecule has 1 aromatic carbocycles. The van der Waals surface area contributed by atoms with Crippen LogP contribution >= 0.6 is 15.9 Å². The van der Waals surface area contributed by atoms with Crippen LogP contribution in [0.3, 0.4) is 0 Å². The molecule has 0 radical (unpaired) electrons. The van der Waals surface area contributed by atoms with Gasteiger partial charge in [-0.2, -0.15) is 0 Å². The monoisotopic (exact) mass is 351 g/mol. The van der Waals surface area contributed by atoms with Crippen LogP contribution in [0, 0.1) is 5.92 Å². The number of nitrogens with two attached hydrogens (primary N) is 1. The van der Waals surface area contributed by atoms with Crippen LogP contribution in [0.25, 0.3) is 0 Å². The normalized spacial score (nSPS) is 24.0. The van der Waals surface area contributed by atoms with Crippen molar-refractivity contribution in [3.8, 4) is 0 Å². The minimum Gasteiger partial charge on any atom is -0.326 e. The molecule has 0 bridgehead atoms. The highest BCUT2D eigenvalue weighted by atomic mass is 79.9. The van der Waals surface area contributed by atoms with E-state index in [4.69, 9.17) is 5.73 Å². The number of benzene rings is 1. The van der Waals surface area contributed by atoms with Gasteiger partial charge in [-0.25, -0.2) is 0 Å². The molecule has 1 saturated carbocycles. The molecule has 1 heterocycles. The Bertz CT molecular complexity index is 465. The molecular weight excluding hydrogens is 326 g/mol. The van der Waals surface area contributed by atoms with Crippen LogP contribution < -0.4 is 5.73 Å². The molecule has 2 atom stereocenters. The van der Waals surface area contributed by atoms with Crippen molar-refractivity contribution in [2.45, 2.75) is 31.8 Å². The first-order valence-electron chi connectivity index (χ1n) is 8.11. The predicted octanol–water partition coefficient (Wildman–Crippen LogP) is 2.87. The molecule has 0 amide bonds. The smallest absolute Gasteiger partial charge is 0.0508 e. The lowest BCUT2D eigenvalue weighted by atomic mass is 9.98. The lowest BCUT2D eigenvalue weighted by molar-refractivity contribution is 0.0840. The van der Waals surface area contributed by atoms with Gasteiger partial charge in [0.1, 0.15) is 0 Å². The van der Waals surface area contributed by atoms with Crippen molar-refractivity contribution in [3.63, 3.8) is 0 Å². The average Bonchev–Trinajstić information content (AvgIpc) is 3.27. The zero-order valence-corrected chi connectivity index (χ0v) is 14.4. The van der Waals surface area contributed by atoms with Gasteiger partial charge >= 0.3 is 0 Å². The lowest BCUT2D eigenvalue weighted by Crippen LogP contribution is -2.51. The van der Waals surface area contributed by atoms with Gasteiger partial charge in [-0.1, -0.05) is 34.1 Å². The third-order valence-electron chi connectivity index (χ3n) is 4.74. The quantitative estimate of drug-likeness (QED) is 0.885. The highest BCUT2D eigenvalue weighted by Crippen LogP contribution is 2.32. The van der Waals surface area contributed by atoms with Gasteiger partial charge in [0, 0.05) is 43.2 Å². The summed E-state index contributed by atoms with van der Waals surface area (Å²) in [6.45, 7) is 8.06. The van der Waals surface area contributed by atoms with Gasteiger partial charge in [0.2, 0.25) is 0 Å². The summed E-state index contributed by atoms with van der Waals surface area (Å²) in [6, 6.07) is 8.95. The number of hydrogen-bond acceptors (Lipinski definition) is 3. The summed E-state index contributed by atoms with van der Waals surface area (Å²) in [4.78, 5) is 5.20. The standard InChI is InChI=1S/C17H26BrN3/c1-13(19)17(15-4-2-3-5-16(15)18)21-10-8-20(9-11-21)12-14-6-7-14/h2-5,13-14,17H,6-12,19H2,1H3. The molecule has 116 valence electrons. The van der Waals surface area contributed by atoms with E-state index in [1.807, 2.05) is 0 Å². The van der Waals surface area contributed by atoms with E-state index in [-0.39, 0.29) is 6.04 Å². The maximum Gasteiger partial charge on any atom is 0.0508 e. The van der Waals surface area contributed by atoms with Gasteiger partial charge in [0.05, 0.1) is 6.04 Å². The van der Waals surface area contributed by atoms with Crippen LogP contribution in [0.5, 0.6) is 0 Å². The summed E-state index contributed by atoms with van der Waals surface area (Å²) in [7, 11) is 0. The van der Waals surface area contributed by atoms with E-state index in [0.29, 0.717) is 6.04 Å². The van der Waals surface area contributed by atoms with Crippen LogP contribution in [0.4, 0.5) is 0 Å². The second-order valence-electron chi connectivity index (χ2n) is 6.61. The average molecular weight is 352 g/mol. The Kier molecular flexibility index (Phi) is 4.99. The second-order valence-corrected chi connectivity index (χ2v) is 7.46. The minimum atomic E-state index is 0.138. The summed E-state index contributed by atoms with van der Waals surface area (Å²) in [5, 5.41) is 0. The summed E-state index contributed by atoms with van der Waals surface area (Å²) in [6.07, 6.45) is 2.89. The molecule has 0 aromatic heterocycles. The summed E-state index contributed by atoms with van der Waals surface area (Å²) < 4.78 is 1.17. The van der Waals surface area contributed by atoms with E-state index < -0.39 is 0 Å². The molecule has 1 aromatic rings. The molecule has 2 unspecified atom stereocenters. The lowest BCUT2D eigenvalue weighted by Gasteiger charge is -2.41. The van der Waals surface area contributed by atoms with Crippen LogP contribution in [0.15, 0.2) is 28.7 Å². The molecule has 0 spiro atoms. The maximum absolute atomic E-state index is 6.32. The predicted molar refractivity (Wildman–Crippen MR) is 91.3 cm³/mol. The molecule has 3 nitrogen and oxygen atoms in total. The first-order chi connectivity index (χ1) is 10.1. The first-order valence-corrected chi connectivity index (χ1v) is 8.91. The molecule has 1 saturated heterocycles. The van der Waals surface area contributed by atoms with E-state index in [9.17, 15) is 0 Å². The Morgan fingerprint density at radius 2 is 1.86 bits per heavy atom. The van der Waals surface area contributed by atoms with Gasteiger partial charge in [-0.15, -0.1) is 0 Å². The second kappa shape index (κ2) is 6.78. The van der Waals surface area contributed by atoms with E-state index in [1.165, 1.54) is 42.5 Å². The number of halogens is 1. The van der Waals surface area contributed by atoms with Gasteiger partial charge in [-0.05, 0) is 37.3 Å². The van der Waals surface area contributed by atoms with Crippen molar-refractivity contribution in [1.29, 1.82) is 0 Å². The van der Waals surface area contributed by atoms with Crippen LogP contribution in [0.2, 0.25) is 0 Å². The van der Waals surface area contributed by atoms with Crippen molar-refractivity contribution < 1.29 is 0 Å². The zero-order chi connectivity index (χ0) is 14.8. The Morgan fingerprint density at radius 3 is 2.43 bits per heavy atom. The Morgan fingerprint density at radius 1 is 1.19 bits per heavy atom. The maximum atomic E-state index is 6.32. The minimum absolute atomic E-state index is 0.138. The Balaban J connectivity index is 1.66. The highest BCUT2D eigenvalue weighted by molar-refractivity contribution is 9.10. The molecule has 2 fully saturated rings. The van der Waals surface area contributed by atoms with Crippen LogP contribution in [-0.2, 0) is 0 Å². The fourth-order valence-corrected chi connectivity index (χ4v) is 3.94. The van der Waals surface area contributed by atoms with Crippen molar-refractivity contribution in [2.24, 2.45) is 11.7 Å². The molecule has 21 heavy (non-hydrogen) atoms. The molecule has 3 rings (SSSR count). The number of nitrogens with zero attached hydrogens (tertiary/aromatic N) is 2. The molecule has 2 N–H and O–H groups in total. The fourth-order valence-electron chi connectivity index (χ4n) is 3.42. The van der Waals surface area contributed by atoms with Crippen LogP contribution in [0.1, 0.15) is 31.4 Å². The third kappa shape index (κ3) is 3.86. The van der Waals surface area contributed by atoms with Gasteiger partial charge in [0.25, 0.3) is 0 Å². The van der Waals surface area contributed by atoms with Crippen molar-refractivity contribution in [1.82, 2.24) is 9.80 Å². The Labute approximate surface area is 136 Å². The van der Waals surface area contributed by atoms with E-state index in [1.54, 1.807) is 0 Å². The molecule has 4 heteroatoms. The number of hydrogen-bond donors (Lipinski definition) is 1. The fraction of sp³-hybridized carbons (Fsp3) is 0.647. The summed E-state index contributed by atoms with van der Waals surface area (Å²) >= 11 is 3.69. The first kappa shape index (κ1) is 15.5. The van der Waals surface area contributed by atoms with E-state index in [2.05, 4.69) is 56.9 Å². The SMILES string of the molecule is CC(N)C(c1ccccc1Br)N1CCN(CC2CC2)CC1. The Hall–Kier alpha value is -0.420. The van der Waals surface area contributed by atoms with Gasteiger partial charge in [-0.3, -0.25) is 4.90 Å². The third-order valence-corrected chi connectivity index (χ3v) is 5.46. The summed E-state index contributed by atoms with van der Waals surface area (Å²) in [5.41, 5.74) is 7.64. The molecular formula is C17H26BrN3. The van der Waals surface area contributed by atoms with E-state index >= 15 is 0 Å². The van der Waals surface area contributed by atoms with E-state index in [0.717, 1.165) is 19.0 Å². The molecule has 2 aliphatic rings. The summed E-state index contributed by atoms with van der Waals surface area (Å²) in [5.74, 6) is 0.990. The van der Waals surface area contributed by atoms with Crippen molar-refractivity contribution in [3.05, 3.63) is 34.3 Å². The van der Waals surface area contributed by atoms with Crippen LogP contribution in [-0.4, -0.2) is 48.6 Å². The number of piperazine rings is 1. The molecule has 1 aliphatic carbocycles. The van der Waals surface area contributed by atoms with Crippen molar-refractivity contribution >= 4 is 15.9 Å². The van der Waals surface area contributed by atoms with Gasteiger partial charge < -0.3 is 10.6 Å². The largest absolute Gasteiger partial charge is 0.326 e. The van der Waals surface area contributed by atoms with Crippen molar-refractivity contribution in [2.75, 3.05) is 32.7 Å². The molecule has 1 aliphatic heterocycles. The zero-order valence-electron chi connectivity index (χ0n) is 12.8. The number of rotatable bonds is 5.